The quantitative estimate of drug-likeness (QED) is 0.674. The van der Waals surface area contributed by atoms with Crippen molar-refractivity contribution in [1.29, 1.82) is 0 Å². The normalized spacial score (nSPS) is 11.1. The van der Waals surface area contributed by atoms with Gasteiger partial charge in [0.05, 0.1) is 14.2 Å². The maximum Gasteiger partial charge on any atom is 0.348 e. The van der Waals surface area contributed by atoms with E-state index >= 15 is 0 Å². The second-order valence-electron chi connectivity index (χ2n) is 4.26. The number of rotatable bonds is 2. The molecule has 0 N–H and O–H groups in total. The molecule has 4 nitrogen and oxygen atoms in total. The minimum Gasteiger partial charge on any atom is -0.497 e. The van der Waals surface area contributed by atoms with Gasteiger partial charge in [-0.05, 0) is 24.3 Å². The lowest BCUT2D eigenvalue weighted by Crippen LogP contribution is -1.97. The van der Waals surface area contributed by atoms with Crippen LogP contribution in [0.15, 0.2) is 24.3 Å². The molecule has 0 spiro atoms. The number of benzene rings is 1. The van der Waals surface area contributed by atoms with E-state index < -0.39 is 0 Å². The SMILES string of the molecule is COC(=O)c1cc2c3cc(OC)ccc3n(C)c2s1. The summed E-state index contributed by atoms with van der Waals surface area (Å²) in [4.78, 5) is 13.3. The number of hydrogen-bond acceptors (Lipinski definition) is 4. The van der Waals surface area contributed by atoms with Crippen LogP contribution in [-0.4, -0.2) is 24.8 Å². The van der Waals surface area contributed by atoms with E-state index in [4.69, 9.17) is 9.47 Å². The van der Waals surface area contributed by atoms with Gasteiger partial charge in [0, 0.05) is 23.3 Å². The first-order valence-corrected chi connectivity index (χ1v) is 6.61. The molecule has 3 rings (SSSR count). The van der Waals surface area contributed by atoms with Gasteiger partial charge in [0.1, 0.15) is 15.5 Å². The first-order chi connectivity index (χ1) is 9.15. The Labute approximate surface area is 114 Å². The Bertz CT molecular complexity index is 785. The molecule has 0 amide bonds. The zero-order chi connectivity index (χ0) is 13.6. The second kappa shape index (κ2) is 4.28. The molecule has 1 aromatic carbocycles. The third-order valence-corrected chi connectivity index (χ3v) is 4.45. The number of nitrogens with zero attached hydrogens (tertiary/aromatic N) is 1. The molecular formula is C14H13NO3S. The van der Waals surface area contributed by atoms with E-state index in [1.807, 2.05) is 31.3 Å². The van der Waals surface area contributed by atoms with Crippen molar-refractivity contribution in [2.45, 2.75) is 0 Å². The summed E-state index contributed by atoms with van der Waals surface area (Å²) in [5.41, 5.74) is 1.12. The molecule has 0 aliphatic carbocycles. The van der Waals surface area contributed by atoms with Crippen LogP contribution in [0.1, 0.15) is 9.67 Å². The van der Waals surface area contributed by atoms with Gasteiger partial charge in [-0.3, -0.25) is 0 Å². The molecule has 5 heteroatoms. The standard InChI is InChI=1S/C14H13NO3S/c1-15-11-5-4-8(17-2)6-9(11)10-7-12(14(16)18-3)19-13(10)15/h4-7H,1-3H3. The van der Waals surface area contributed by atoms with Crippen LogP contribution in [0.2, 0.25) is 0 Å². The van der Waals surface area contributed by atoms with Crippen molar-refractivity contribution in [2.75, 3.05) is 14.2 Å². The third-order valence-electron chi connectivity index (χ3n) is 3.26. The highest BCUT2D eigenvalue weighted by molar-refractivity contribution is 7.20. The summed E-state index contributed by atoms with van der Waals surface area (Å²) < 4.78 is 12.1. The van der Waals surface area contributed by atoms with E-state index in [1.54, 1.807) is 7.11 Å². The Kier molecular flexibility index (Phi) is 2.71. The van der Waals surface area contributed by atoms with Crippen LogP contribution >= 0.6 is 11.3 Å². The van der Waals surface area contributed by atoms with Crippen molar-refractivity contribution < 1.29 is 14.3 Å². The zero-order valence-electron chi connectivity index (χ0n) is 10.9. The number of methoxy groups -OCH3 is 2. The fourth-order valence-corrected chi connectivity index (χ4v) is 3.35. The highest BCUT2D eigenvalue weighted by atomic mass is 32.1. The predicted octanol–water partition coefficient (Wildman–Crippen LogP) is 3.19. The number of ether oxygens (including phenoxy) is 2. The van der Waals surface area contributed by atoms with E-state index in [9.17, 15) is 4.79 Å². The smallest absolute Gasteiger partial charge is 0.348 e. The molecule has 0 aliphatic rings. The Morgan fingerprint density at radius 2 is 2.00 bits per heavy atom. The summed E-state index contributed by atoms with van der Waals surface area (Å²) >= 11 is 1.44. The molecule has 19 heavy (non-hydrogen) atoms. The fraction of sp³-hybridized carbons (Fsp3) is 0.214. The third kappa shape index (κ3) is 1.69. The second-order valence-corrected chi connectivity index (χ2v) is 5.29. The summed E-state index contributed by atoms with van der Waals surface area (Å²) in [5, 5.41) is 2.14. The van der Waals surface area contributed by atoms with Crippen molar-refractivity contribution in [3.8, 4) is 5.75 Å². The molecule has 0 bridgehead atoms. The van der Waals surface area contributed by atoms with Crippen molar-refractivity contribution in [3.63, 3.8) is 0 Å². The number of carbonyl (C=O) groups excluding carboxylic acids is 1. The van der Waals surface area contributed by atoms with Crippen LogP contribution < -0.4 is 4.74 Å². The fourth-order valence-electron chi connectivity index (χ4n) is 2.28. The van der Waals surface area contributed by atoms with Gasteiger partial charge in [-0.2, -0.15) is 0 Å². The largest absolute Gasteiger partial charge is 0.497 e. The zero-order valence-corrected chi connectivity index (χ0v) is 11.7. The molecule has 0 fully saturated rings. The molecule has 0 unspecified atom stereocenters. The first-order valence-electron chi connectivity index (χ1n) is 5.80. The van der Waals surface area contributed by atoms with Crippen LogP contribution in [0, 0.1) is 0 Å². The van der Waals surface area contributed by atoms with Gasteiger partial charge >= 0.3 is 5.97 Å². The number of aromatic nitrogens is 1. The topological polar surface area (TPSA) is 40.5 Å². The Morgan fingerprint density at radius 3 is 2.68 bits per heavy atom. The lowest BCUT2D eigenvalue weighted by molar-refractivity contribution is 0.0606. The molecule has 0 saturated carbocycles. The average Bonchev–Trinajstić information content (AvgIpc) is 2.98. The minimum atomic E-state index is -0.294. The van der Waals surface area contributed by atoms with E-state index in [-0.39, 0.29) is 5.97 Å². The van der Waals surface area contributed by atoms with Gasteiger partial charge in [0.25, 0.3) is 0 Å². The summed E-state index contributed by atoms with van der Waals surface area (Å²) in [6.07, 6.45) is 0. The molecule has 0 aliphatic heterocycles. The minimum absolute atomic E-state index is 0.294. The van der Waals surface area contributed by atoms with Crippen molar-refractivity contribution in [3.05, 3.63) is 29.1 Å². The summed E-state index contributed by atoms with van der Waals surface area (Å²) in [6, 6.07) is 7.84. The van der Waals surface area contributed by atoms with Crippen LogP contribution in [0.5, 0.6) is 5.75 Å². The number of esters is 1. The van der Waals surface area contributed by atoms with E-state index in [2.05, 4.69) is 4.57 Å². The average molecular weight is 275 g/mol. The Hall–Kier alpha value is -2.01. The van der Waals surface area contributed by atoms with Crippen LogP contribution in [-0.2, 0) is 11.8 Å². The molecule has 2 heterocycles. The molecule has 0 radical (unpaired) electrons. The van der Waals surface area contributed by atoms with Gasteiger partial charge in [-0.15, -0.1) is 11.3 Å². The molecule has 0 atom stereocenters. The van der Waals surface area contributed by atoms with E-state index in [1.165, 1.54) is 18.4 Å². The molecule has 0 saturated heterocycles. The molecule has 98 valence electrons. The Balaban J connectivity index is 2.33. The summed E-state index contributed by atoms with van der Waals surface area (Å²) in [7, 11) is 5.04. The van der Waals surface area contributed by atoms with Gasteiger partial charge < -0.3 is 14.0 Å². The van der Waals surface area contributed by atoms with Crippen LogP contribution in [0.4, 0.5) is 0 Å². The first kappa shape index (κ1) is 12.0. The van der Waals surface area contributed by atoms with Crippen molar-refractivity contribution >= 4 is 38.4 Å². The monoisotopic (exact) mass is 275 g/mol. The van der Waals surface area contributed by atoms with Crippen LogP contribution in [0.25, 0.3) is 21.1 Å². The number of aryl methyl sites for hydroxylation is 1. The van der Waals surface area contributed by atoms with Gasteiger partial charge in [0.15, 0.2) is 0 Å². The number of carbonyl (C=O) groups is 1. The number of thiophene rings is 1. The predicted molar refractivity (Wildman–Crippen MR) is 76.2 cm³/mol. The lowest BCUT2D eigenvalue weighted by atomic mass is 10.2. The maximum atomic E-state index is 11.6. The maximum absolute atomic E-state index is 11.6. The molecular weight excluding hydrogens is 262 g/mol. The highest BCUT2D eigenvalue weighted by Gasteiger charge is 2.16. The van der Waals surface area contributed by atoms with Gasteiger partial charge in [0.2, 0.25) is 0 Å². The number of hydrogen-bond donors (Lipinski definition) is 0. The van der Waals surface area contributed by atoms with Gasteiger partial charge in [-0.1, -0.05) is 0 Å². The van der Waals surface area contributed by atoms with Crippen molar-refractivity contribution in [2.24, 2.45) is 7.05 Å². The highest BCUT2D eigenvalue weighted by Crippen LogP contribution is 2.36. The Morgan fingerprint density at radius 1 is 1.21 bits per heavy atom. The summed E-state index contributed by atoms with van der Waals surface area (Å²) in [5.74, 6) is 0.517. The number of fused-ring (bicyclic) bond motifs is 3. The van der Waals surface area contributed by atoms with E-state index in [0.717, 1.165) is 26.9 Å². The summed E-state index contributed by atoms with van der Waals surface area (Å²) in [6.45, 7) is 0. The van der Waals surface area contributed by atoms with Gasteiger partial charge in [-0.25, -0.2) is 4.79 Å². The molecule has 3 aromatic rings. The van der Waals surface area contributed by atoms with Crippen molar-refractivity contribution in [1.82, 2.24) is 4.57 Å². The van der Waals surface area contributed by atoms with E-state index in [0.29, 0.717) is 4.88 Å². The molecule has 2 aromatic heterocycles. The lowest BCUT2D eigenvalue weighted by Gasteiger charge is -2.01. The van der Waals surface area contributed by atoms with Crippen LogP contribution in [0.3, 0.4) is 0 Å².